The van der Waals surface area contributed by atoms with Crippen molar-refractivity contribution in [1.29, 1.82) is 0 Å². The van der Waals surface area contributed by atoms with Crippen LogP contribution >= 0.6 is 0 Å². The highest BCUT2D eigenvalue weighted by Gasteiger charge is 2.34. The molecule has 3 rings (SSSR count). The van der Waals surface area contributed by atoms with E-state index in [1.165, 1.54) is 24.1 Å². The van der Waals surface area contributed by atoms with Crippen molar-refractivity contribution in [2.24, 2.45) is 0 Å². The average molecular weight is 552 g/mol. The smallest absolute Gasteiger partial charge is 0.264 e. The number of amides is 2. The largest absolute Gasteiger partial charge is 0.495 e. The third-order valence-electron chi connectivity index (χ3n) is 6.55. The van der Waals surface area contributed by atoms with E-state index in [4.69, 9.17) is 4.74 Å². The lowest BCUT2D eigenvalue weighted by atomic mass is 10.1. The summed E-state index contributed by atoms with van der Waals surface area (Å²) in [5.41, 5.74) is 2.89. The van der Waals surface area contributed by atoms with Gasteiger partial charge in [0.25, 0.3) is 10.0 Å². The molecule has 0 spiro atoms. The quantitative estimate of drug-likeness (QED) is 0.359. The highest BCUT2D eigenvalue weighted by molar-refractivity contribution is 7.92. The zero-order valence-corrected chi connectivity index (χ0v) is 24.0. The summed E-state index contributed by atoms with van der Waals surface area (Å²) >= 11 is 0. The van der Waals surface area contributed by atoms with Gasteiger partial charge in [-0.3, -0.25) is 13.9 Å². The highest BCUT2D eigenvalue weighted by atomic mass is 32.2. The summed E-state index contributed by atoms with van der Waals surface area (Å²) < 4.78 is 34.5. The molecule has 2 amide bonds. The Labute approximate surface area is 231 Å². The van der Waals surface area contributed by atoms with Gasteiger partial charge < -0.3 is 15.0 Å². The summed E-state index contributed by atoms with van der Waals surface area (Å²) in [5, 5.41) is 2.81. The Morgan fingerprint density at radius 3 is 2.23 bits per heavy atom. The van der Waals surface area contributed by atoms with Gasteiger partial charge in [-0.05, 0) is 68.1 Å². The Hall–Kier alpha value is -3.85. The Kier molecular flexibility index (Phi) is 10.1. The molecule has 0 saturated heterocycles. The second-order valence-electron chi connectivity index (χ2n) is 9.27. The molecule has 1 atom stereocenters. The standard InChI is InChI=1S/C30H37N3O5S/c1-6-26(30(35)31-7-2)32(20-24-14-12-11-13-23(24)4)29(34)21-33(27-19-22(3)17-18-28(27)38-5)39(36,37)25-15-9-8-10-16-25/h8-19,26H,6-7,20-21H2,1-5H3,(H,31,35). The Morgan fingerprint density at radius 2 is 1.62 bits per heavy atom. The number of rotatable bonds is 12. The molecule has 0 heterocycles. The van der Waals surface area contributed by atoms with E-state index in [-0.39, 0.29) is 23.0 Å². The number of methoxy groups -OCH3 is 1. The molecule has 8 nitrogen and oxygen atoms in total. The lowest BCUT2D eigenvalue weighted by Crippen LogP contribution is -2.52. The monoisotopic (exact) mass is 551 g/mol. The number of nitrogens with zero attached hydrogens (tertiary/aromatic N) is 2. The number of carbonyl (C=O) groups is 2. The zero-order valence-electron chi connectivity index (χ0n) is 23.2. The van der Waals surface area contributed by atoms with Crippen molar-refractivity contribution in [3.63, 3.8) is 0 Å². The van der Waals surface area contributed by atoms with Gasteiger partial charge in [-0.15, -0.1) is 0 Å². The normalized spacial score (nSPS) is 11.9. The minimum atomic E-state index is -4.17. The topological polar surface area (TPSA) is 96.0 Å². The number of benzene rings is 3. The van der Waals surface area contributed by atoms with Crippen molar-refractivity contribution in [2.75, 3.05) is 24.5 Å². The maximum Gasteiger partial charge on any atom is 0.264 e. The number of carbonyl (C=O) groups excluding carboxylic acids is 2. The second kappa shape index (κ2) is 13.3. The van der Waals surface area contributed by atoms with Crippen molar-refractivity contribution < 1.29 is 22.7 Å². The summed E-state index contributed by atoms with van der Waals surface area (Å²) in [5.74, 6) is -0.471. The minimum Gasteiger partial charge on any atom is -0.495 e. The fraction of sp³-hybridized carbons (Fsp3) is 0.333. The number of anilines is 1. The predicted molar refractivity (Wildman–Crippen MR) is 153 cm³/mol. The van der Waals surface area contributed by atoms with Crippen molar-refractivity contribution in [3.05, 3.63) is 89.5 Å². The summed E-state index contributed by atoms with van der Waals surface area (Å²) in [6.45, 7) is 7.48. The molecule has 0 radical (unpaired) electrons. The first-order chi connectivity index (χ1) is 18.6. The van der Waals surface area contributed by atoms with Crippen LogP contribution in [0, 0.1) is 13.8 Å². The van der Waals surface area contributed by atoms with Gasteiger partial charge in [-0.1, -0.05) is 55.5 Å². The van der Waals surface area contributed by atoms with Gasteiger partial charge in [0.2, 0.25) is 11.8 Å². The number of aryl methyl sites for hydroxylation is 2. The SMILES string of the molecule is CCNC(=O)C(CC)N(Cc1ccccc1C)C(=O)CN(c1cc(C)ccc1OC)S(=O)(=O)c1ccccc1. The lowest BCUT2D eigenvalue weighted by Gasteiger charge is -2.33. The maximum absolute atomic E-state index is 14.1. The van der Waals surface area contributed by atoms with Crippen LogP contribution in [0.15, 0.2) is 77.7 Å². The van der Waals surface area contributed by atoms with E-state index in [2.05, 4.69) is 5.32 Å². The molecule has 208 valence electrons. The molecule has 1 N–H and O–H groups in total. The Balaban J connectivity index is 2.13. The zero-order chi connectivity index (χ0) is 28.6. The van der Waals surface area contributed by atoms with Crippen LogP contribution in [0.3, 0.4) is 0 Å². The molecule has 0 saturated carbocycles. The first-order valence-corrected chi connectivity index (χ1v) is 14.4. The molecule has 9 heteroatoms. The molecule has 0 aliphatic carbocycles. The minimum absolute atomic E-state index is 0.0441. The molecule has 1 unspecified atom stereocenters. The third kappa shape index (κ3) is 6.97. The molecule has 3 aromatic rings. The average Bonchev–Trinajstić information content (AvgIpc) is 2.93. The molecular formula is C30H37N3O5S. The van der Waals surface area contributed by atoms with Gasteiger partial charge in [0.05, 0.1) is 17.7 Å². The van der Waals surface area contributed by atoms with Crippen molar-refractivity contribution in [3.8, 4) is 5.75 Å². The van der Waals surface area contributed by atoms with E-state index in [0.29, 0.717) is 18.7 Å². The first-order valence-electron chi connectivity index (χ1n) is 13.0. The van der Waals surface area contributed by atoms with Crippen molar-refractivity contribution >= 4 is 27.5 Å². The van der Waals surface area contributed by atoms with Crippen LogP contribution in [0.5, 0.6) is 5.75 Å². The summed E-state index contributed by atoms with van der Waals surface area (Å²) in [6, 6.07) is 20.0. The maximum atomic E-state index is 14.1. The lowest BCUT2D eigenvalue weighted by molar-refractivity contribution is -0.140. The van der Waals surface area contributed by atoms with Crippen molar-refractivity contribution in [1.82, 2.24) is 10.2 Å². The molecule has 39 heavy (non-hydrogen) atoms. The number of sulfonamides is 1. The highest BCUT2D eigenvalue weighted by Crippen LogP contribution is 2.33. The number of hydrogen-bond acceptors (Lipinski definition) is 5. The Bertz CT molecular complexity index is 1390. The third-order valence-corrected chi connectivity index (χ3v) is 8.33. The fourth-order valence-electron chi connectivity index (χ4n) is 4.41. The Morgan fingerprint density at radius 1 is 0.949 bits per heavy atom. The van der Waals surface area contributed by atoms with Crippen molar-refractivity contribution in [2.45, 2.75) is 51.6 Å². The van der Waals surface area contributed by atoms with Gasteiger partial charge in [0.15, 0.2) is 0 Å². The van der Waals surface area contributed by atoms with Crippen LogP contribution in [-0.2, 0) is 26.2 Å². The number of hydrogen-bond donors (Lipinski definition) is 1. The van der Waals surface area contributed by atoms with Gasteiger partial charge in [-0.25, -0.2) is 8.42 Å². The van der Waals surface area contributed by atoms with E-state index in [9.17, 15) is 18.0 Å². The molecule has 0 aliphatic rings. The summed E-state index contributed by atoms with van der Waals surface area (Å²) in [6.07, 6.45) is 0.364. The van der Waals surface area contributed by atoms with E-state index >= 15 is 0 Å². The fourth-order valence-corrected chi connectivity index (χ4v) is 5.85. The molecule has 3 aromatic carbocycles. The van der Waals surface area contributed by atoms with Crippen LogP contribution in [0.1, 0.15) is 37.0 Å². The predicted octanol–water partition coefficient (Wildman–Crippen LogP) is 4.45. The second-order valence-corrected chi connectivity index (χ2v) is 11.1. The molecule has 0 fully saturated rings. The van der Waals surface area contributed by atoms with E-state index < -0.39 is 28.5 Å². The molecule has 0 bridgehead atoms. The van der Waals surface area contributed by atoms with E-state index in [1.54, 1.807) is 30.3 Å². The molecule has 0 aliphatic heterocycles. The van der Waals surface area contributed by atoms with E-state index in [1.807, 2.05) is 58.0 Å². The summed E-state index contributed by atoms with van der Waals surface area (Å²) in [4.78, 5) is 28.7. The summed E-state index contributed by atoms with van der Waals surface area (Å²) in [7, 11) is -2.72. The van der Waals surface area contributed by atoms with Gasteiger partial charge >= 0.3 is 0 Å². The van der Waals surface area contributed by atoms with Gasteiger partial charge in [-0.2, -0.15) is 0 Å². The van der Waals surface area contributed by atoms with Crippen LogP contribution in [0.4, 0.5) is 5.69 Å². The van der Waals surface area contributed by atoms with Crippen LogP contribution in [0.25, 0.3) is 0 Å². The number of nitrogens with one attached hydrogen (secondary N) is 1. The molecular weight excluding hydrogens is 514 g/mol. The first kappa shape index (κ1) is 29.7. The van der Waals surface area contributed by atoms with Crippen LogP contribution < -0.4 is 14.4 Å². The van der Waals surface area contributed by atoms with Crippen LogP contribution in [0.2, 0.25) is 0 Å². The van der Waals surface area contributed by atoms with E-state index in [0.717, 1.165) is 21.0 Å². The van der Waals surface area contributed by atoms with Crippen LogP contribution in [-0.4, -0.2) is 51.4 Å². The van der Waals surface area contributed by atoms with Gasteiger partial charge in [0, 0.05) is 13.1 Å². The molecule has 0 aromatic heterocycles. The number of ether oxygens (including phenoxy) is 1. The van der Waals surface area contributed by atoms with Gasteiger partial charge in [0.1, 0.15) is 18.3 Å². The number of likely N-dealkylation sites (N-methyl/N-ethyl adjacent to an activating group) is 1.